The van der Waals surface area contributed by atoms with Gasteiger partial charge in [-0.05, 0) is 25.5 Å². The molecule has 1 unspecified atom stereocenters. The lowest BCUT2D eigenvalue weighted by molar-refractivity contribution is 0.584. The Morgan fingerprint density at radius 3 is 2.79 bits per heavy atom. The van der Waals surface area contributed by atoms with Crippen LogP contribution < -0.4 is 5.73 Å². The quantitative estimate of drug-likeness (QED) is 0.714. The van der Waals surface area contributed by atoms with Gasteiger partial charge in [-0.25, -0.2) is 4.39 Å². The summed E-state index contributed by atoms with van der Waals surface area (Å²) >= 11 is 0. The van der Waals surface area contributed by atoms with E-state index in [2.05, 4.69) is 11.8 Å². The maximum Gasteiger partial charge on any atom is 0.128 e. The van der Waals surface area contributed by atoms with Gasteiger partial charge in [0.25, 0.3) is 0 Å². The SMILES string of the molecule is CC#CCC(N)c1ccc(C)cc1F. The summed E-state index contributed by atoms with van der Waals surface area (Å²) in [7, 11) is 0. The first kappa shape index (κ1) is 10.7. The second kappa shape index (κ2) is 4.78. The van der Waals surface area contributed by atoms with Gasteiger partial charge < -0.3 is 5.73 Å². The first-order valence-corrected chi connectivity index (χ1v) is 4.56. The molecule has 74 valence electrons. The van der Waals surface area contributed by atoms with Crippen LogP contribution >= 0.6 is 0 Å². The lowest BCUT2D eigenvalue weighted by Gasteiger charge is -2.09. The normalized spacial score (nSPS) is 11.7. The van der Waals surface area contributed by atoms with Gasteiger partial charge in [0.2, 0.25) is 0 Å². The zero-order chi connectivity index (χ0) is 10.6. The number of benzene rings is 1. The van der Waals surface area contributed by atoms with Gasteiger partial charge in [0.05, 0.1) is 0 Å². The number of halogens is 1. The van der Waals surface area contributed by atoms with Gasteiger partial charge in [-0.1, -0.05) is 12.1 Å². The third-order valence-electron chi connectivity index (χ3n) is 2.05. The fraction of sp³-hybridized carbons (Fsp3) is 0.333. The van der Waals surface area contributed by atoms with E-state index in [1.54, 1.807) is 13.0 Å². The van der Waals surface area contributed by atoms with Crippen molar-refractivity contribution in [3.63, 3.8) is 0 Å². The van der Waals surface area contributed by atoms with E-state index < -0.39 is 0 Å². The van der Waals surface area contributed by atoms with Crippen molar-refractivity contribution in [1.29, 1.82) is 0 Å². The van der Waals surface area contributed by atoms with Crippen LogP contribution in [0.2, 0.25) is 0 Å². The Kier molecular flexibility index (Phi) is 3.67. The molecule has 1 atom stereocenters. The number of nitrogens with two attached hydrogens (primary N) is 1. The molecule has 0 heterocycles. The van der Waals surface area contributed by atoms with Crippen molar-refractivity contribution in [3.05, 3.63) is 35.1 Å². The van der Waals surface area contributed by atoms with Crippen LogP contribution in [0, 0.1) is 24.6 Å². The van der Waals surface area contributed by atoms with Crippen LogP contribution in [-0.4, -0.2) is 0 Å². The van der Waals surface area contributed by atoms with Crippen molar-refractivity contribution in [2.24, 2.45) is 5.73 Å². The fourth-order valence-corrected chi connectivity index (χ4v) is 1.25. The maximum absolute atomic E-state index is 13.4. The molecule has 14 heavy (non-hydrogen) atoms. The van der Waals surface area contributed by atoms with Crippen molar-refractivity contribution in [2.45, 2.75) is 26.3 Å². The zero-order valence-electron chi connectivity index (χ0n) is 8.47. The summed E-state index contributed by atoms with van der Waals surface area (Å²) in [6.45, 7) is 3.60. The van der Waals surface area contributed by atoms with E-state index in [4.69, 9.17) is 5.73 Å². The van der Waals surface area contributed by atoms with E-state index in [1.807, 2.05) is 13.0 Å². The van der Waals surface area contributed by atoms with Crippen LogP contribution in [0.3, 0.4) is 0 Å². The molecule has 1 rings (SSSR count). The predicted octanol–water partition coefficient (Wildman–Crippen LogP) is 2.55. The van der Waals surface area contributed by atoms with Gasteiger partial charge in [0.15, 0.2) is 0 Å². The van der Waals surface area contributed by atoms with E-state index in [0.29, 0.717) is 12.0 Å². The molecular formula is C12H14FN. The minimum absolute atomic E-state index is 0.240. The molecule has 0 spiro atoms. The van der Waals surface area contributed by atoms with Crippen molar-refractivity contribution in [3.8, 4) is 11.8 Å². The van der Waals surface area contributed by atoms with Crippen LogP contribution in [0.25, 0.3) is 0 Å². The van der Waals surface area contributed by atoms with Gasteiger partial charge in [-0.3, -0.25) is 0 Å². The maximum atomic E-state index is 13.4. The minimum Gasteiger partial charge on any atom is -0.323 e. The number of rotatable bonds is 2. The van der Waals surface area contributed by atoms with E-state index in [0.717, 1.165) is 5.56 Å². The Bertz CT molecular complexity index is 374. The van der Waals surface area contributed by atoms with Gasteiger partial charge in [0, 0.05) is 18.0 Å². The van der Waals surface area contributed by atoms with Crippen LogP contribution in [0.1, 0.15) is 30.5 Å². The summed E-state index contributed by atoms with van der Waals surface area (Å²) in [5.74, 6) is 5.35. The topological polar surface area (TPSA) is 26.0 Å². The Morgan fingerprint density at radius 2 is 2.21 bits per heavy atom. The molecule has 0 aliphatic carbocycles. The van der Waals surface area contributed by atoms with Gasteiger partial charge in [-0.15, -0.1) is 11.8 Å². The standard InChI is InChI=1S/C12H14FN/c1-3-4-5-12(14)10-7-6-9(2)8-11(10)13/h6-8,12H,5,14H2,1-2H3. The molecule has 1 aromatic carbocycles. The molecule has 2 N–H and O–H groups in total. The smallest absolute Gasteiger partial charge is 0.128 e. The van der Waals surface area contributed by atoms with Crippen LogP contribution in [0.4, 0.5) is 4.39 Å². The minimum atomic E-state index is -0.331. The zero-order valence-corrected chi connectivity index (χ0v) is 8.47. The second-order valence-electron chi connectivity index (χ2n) is 3.26. The lowest BCUT2D eigenvalue weighted by Crippen LogP contribution is -2.11. The molecule has 0 aromatic heterocycles. The van der Waals surface area contributed by atoms with Crippen LogP contribution in [0.5, 0.6) is 0 Å². The van der Waals surface area contributed by atoms with Crippen LogP contribution in [-0.2, 0) is 0 Å². The summed E-state index contributed by atoms with van der Waals surface area (Å²) < 4.78 is 13.4. The summed E-state index contributed by atoms with van der Waals surface area (Å²) in [4.78, 5) is 0. The Labute approximate surface area is 84.1 Å². The highest BCUT2D eigenvalue weighted by atomic mass is 19.1. The Morgan fingerprint density at radius 1 is 1.50 bits per heavy atom. The van der Waals surface area contributed by atoms with Crippen LogP contribution in [0.15, 0.2) is 18.2 Å². The van der Waals surface area contributed by atoms with Crippen molar-refractivity contribution < 1.29 is 4.39 Å². The molecule has 0 fully saturated rings. The molecule has 0 aliphatic heterocycles. The Balaban J connectivity index is 2.88. The first-order valence-electron chi connectivity index (χ1n) is 4.56. The van der Waals surface area contributed by atoms with Crippen molar-refractivity contribution in [2.75, 3.05) is 0 Å². The highest BCUT2D eigenvalue weighted by Crippen LogP contribution is 2.18. The average Bonchev–Trinajstić information content (AvgIpc) is 2.14. The highest BCUT2D eigenvalue weighted by Gasteiger charge is 2.09. The average molecular weight is 191 g/mol. The molecule has 0 saturated heterocycles. The van der Waals surface area contributed by atoms with E-state index in [9.17, 15) is 4.39 Å². The van der Waals surface area contributed by atoms with Gasteiger partial charge in [-0.2, -0.15) is 0 Å². The number of hydrogen-bond donors (Lipinski definition) is 1. The second-order valence-corrected chi connectivity index (χ2v) is 3.26. The molecule has 1 nitrogen and oxygen atoms in total. The largest absolute Gasteiger partial charge is 0.323 e. The number of hydrogen-bond acceptors (Lipinski definition) is 1. The van der Waals surface area contributed by atoms with Gasteiger partial charge >= 0.3 is 0 Å². The molecule has 0 bridgehead atoms. The summed E-state index contributed by atoms with van der Waals surface area (Å²) in [6.07, 6.45) is 0.497. The molecular weight excluding hydrogens is 177 g/mol. The summed E-state index contributed by atoms with van der Waals surface area (Å²) in [6, 6.07) is 4.75. The molecule has 0 saturated carbocycles. The number of aryl methyl sites for hydroxylation is 1. The van der Waals surface area contributed by atoms with Gasteiger partial charge in [0.1, 0.15) is 5.82 Å². The predicted molar refractivity (Wildman–Crippen MR) is 56.1 cm³/mol. The molecule has 1 aromatic rings. The molecule has 0 radical (unpaired) electrons. The summed E-state index contributed by atoms with van der Waals surface area (Å²) in [5.41, 5.74) is 7.23. The molecule has 0 amide bonds. The van der Waals surface area contributed by atoms with E-state index in [-0.39, 0.29) is 11.9 Å². The third-order valence-corrected chi connectivity index (χ3v) is 2.05. The lowest BCUT2D eigenvalue weighted by atomic mass is 10.0. The highest BCUT2D eigenvalue weighted by molar-refractivity contribution is 5.26. The van der Waals surface area contributed by atoms with Crippen molar-refractivity contribution in [1.82, 2.24) is 0 Å². The van der Waals surface area contributed by atoms with E-state index >= 15 is 0 Å². The van der Waals surface area contributed by atoms with Crippen molar-refractivity contribution >= 4 is 0 Å². The molecule has 0 aliphatic rings. The molecule has 2 heteroatoms. The first-order chi connectivity index (χ1) is 6.65. The fourth-order valence-electron chi connectivity index (χ4n) is 1.25. The Hall–Kier alpha value is -1.33. The third kappa shape index (κ3) is 2.58. The van der Waals surface area contributed by atoms with E-state index in [1.165, 1.54) is 6.07 Å². The monoisotopic (exact) mass is 191 g/mol. The summed E-state index contributed by atoms with van der Waals surface area (Å²) in [5, 5.41) is 0.